The van der Waals surface area contributed by atoms with E-state index in [1.807, 2.05) is 0 Å². The molecule has 1 heterocycles. The third-order valence-corrected chi connectivity index (χ3v) is 2.66. The highest BCUT2D eigenvalue weighted by molar-refractivity contribution is 6.32. The average Bonchev–Trinajstić information content (AvgIpc) is 2.41. The van der Waals surface area contributed by atoms with Crippen molar-refractivity contribution in [1.29, 1.82) is 0 Å². The summed E-state index contributed by atoms with van der Waals surface area (Å²) in [4.78, 5) is 22.8. The number of aromatic nitrogens is 2. The third kappa shape index (κ3) is 2.63. The predicted octanol–water partition coefficient (Wildman–Crippen LogP) is 1.81. The Kier molecular flexibility index (Phi) is 3.62. The summed E-state index contributed by atoms with van der Waals surface area (Å²) in [5, 5.41) is 4.02. The lowest BCUT2D eigenvalue weighted by atomic mass is 10.3. The molecule has 2 aromatic rings. The minimum Gasteiger partial charge on any atom is -0.464 e. The van der Waals surface area contributed by atoms with Crippen molar-refractivity contribution >= 4 is 17.6 Å². The molecule has 0 radical (unpaired) electrons. The fraction of sp³-hybridized carbons (Fsp3) is 0.0833. The first-order valence-corrected chi connectivity index (χ1v) is 5.54. The van der Waals surface area contributed by atoms with Gasteiger partial charge in [-0.25, -0.2) is 13.9 Å². The van der Waals surface area contributed by atoms with Gasteiger partial charge < -0.3 is 4.74 Å². The Balaban J connectivity index is 2.61. The molecule has 0 aliphatic heterocycles. The van der Waals surface area contributed by atoms with Crippen LogP contribution in [0.2, 0.25) is 5.02 Å². The Morgan fingerprint density at radius 3 is 2.84 bits per heavy atom. The van der Waals surface area contributed by atoms with Gasteiger partial charge in [0.25, 0.3) is 0 Å². The number of rotatable bonds is 2. The molecule has 0 spiro atoms. The Morgan fingerprint density at radius 1 is 1.42 bits per heavy atom. The molecule has 0 unspecified atom stereocenters. The molecule has 1 aromatic heterocycles. The first-order chi connectivity index (χ1) is 9.02. The maximum absolute atomic E-state index is 13.2. The smallest absolute Gasteiger partial charge is 0.362 e. The summed E-state index contributed by atoms with van der Waals surface area (Å²) >= 11 is 5.91. The zero-order valence-electron chi connectivity index (χ0n) is 9.76. The highest BCUT2D eigenvalue weighted by Crippen LogP contribution is 2.20. The van der Waals surface area contributed by atoms with E-state index in [0.717, 1.165) is 23.9 Å². The van der Waals surface area contributed by atoms with Gasteiger partial charge in [-0.15, -0.1) is 0 Å². The number of carbonyl (C=O) groups is 1. The summed E-state index contributed by atoms with van der Waals surface area (Å²) < 4.78 is 18.8. The number of nitrogens with zero attached hydrogens (tertiary/aromatic N) is 2. The van der Waals surface area contributed by atoms with Gasteiger partial charge >= 0.3 is 5.97 Å². The standard InChI is InChI=1S/C12H8ClFN2O3/c1-19-12(18)11-10(17)4-5-16(15-11)9-6-7(14)2-3-8(9)13/h2-6H,1H3. The summed E-state index contributed by atoms with van der Waals surface area (Å²) in [5.41, 5.74) is -0.771. The van der Waals surface area contributed by atoms with Crippen molar-refractivity contribution in [1.82, 2.24) is 9.78 Å². The van der Waals surface area contributed by atoms with E-state index >= 15 is 0 Å². The van der Waals surface area contributed by atoms with E-state index in [1.165, 1.54) is 18.3 Å². The van der Waals surface area contributed by atoms with Crippen LogP contribution in [0.1, 0.15) is 10.5 Å². The van der Waals surface area contributed by atoms with E-state index in [-0.39, 0.29) is 10.7 Å². The lowest BCUT2D eigenvalue weighted by Crippen LogP contribution is -2.21. The second-order valence-corrected chi connectivity index (χ2v) is 3.97. The lowest BCUT2D eigenvalue weighted by molar-refractivity contribution is 0.0590. The molecule has 0 aliphatic rings. The van der Waals surface area contributed by atoms with E-state index in [4.69, 9.17) is 11.6 Å². The molecule has 98 valence electrons. The topological polar surface area (TPSA) is 61.2 Å². The van der Waals surface area contributed by atoms with Crippen LogP contribution in [0.15, 0.2) is 35.3 Å². The molecule has 1 aromatic carbocycles. The van der Waals surface area contributed by atoms with Crippen molar-refractivity contribution < 1.29 is 13.9 Å². The number of hydrogen-bond donors (Lipinski definition) is 0. The molecule has 2 rings (SSSR count). The van der Waals surface area contributed by atoms with Crippen molar-refractivity contribution in [3.05, 3.63) is 57.2 Å². The predicted molar refractivity (Wildman–Crippen MR) is 66.1 cm³/mol. The van der Waals surface area contributed by atoms with E-state index in [1.54, 1.807) is 0 Å². The van der Waals surface area contributed by atoms with Crippen molar-refractivity contribution in [2.45, 2.75) is 0 Å². The van der Waals surface area contributed by atoms with E-state index < -0.39 is 22.9 Å². The molecule has 0 N–H and O–H groups in total. The van der Waals surface area contributed by atoms with Crippen LogP contribution in [0.3, 0.4) is 0 Å². The number of methoxy groups -OCH3 is 1. The summed E-state index contributed by atoms with van der Waals surface area (Å²) in [5.74, 6) is -1.38. The molecular formula is C12H8ClFN2O3. The molecule has 7 heteroatoms. The molecular weight excluding hydrogens is 275 g/mol. The van der Waals surface area contributed by atoms with Crippen LogP contribution in [0, 0.1) is 5.82 Å². The Hall–Kier alpha value is -2.21. The number of halogens is 2. The van der Waals surface area contributed by atoms with Crippen molar-refractivity contribution in [2.24, 2.45) is 0 Å². The monoisotopic (exact) mass is 282 g/mol. The number of esters is 1. The molecule has 0 atom stereocenters. The van der Waals surface area contributed by atoms with Gasteiger partial charge in [-0.05, 0) is 12.1 Å². The zero-order valence-corrected chi connectivity index (χ0v) is 10.5. The summed E-state index contributed by atoms with van der Waals surface area (Å²) in [7, 11) is 1.13. The molecule has 0 saturated heterocycles. The van der Waals surface area contributed by atoms with Gasteiger partial charge in [-0.2, -0.15) is 5.10 Å². The van der Waals surface area contributed by atoms with Crippen LogP contribution < -0.4 is 5.43 Å². The minimum absolute atomic E-state index is 0.215. The summed E-state index contributed by atoms with van der Waals surface area (Å²) in [6.45, 7) is 0. The second kappa shape index (κ2) is 5.19. The van der Waals surface area contributed by atoms with Gasteiger partial charge in [-0.3, -0.25) is 4.79 Å². The Labute approximate surface area is 112 Å². The van der Waals surface area contributed by atoms with Crippen molar-refractivity contribution in [3.63, 3.8) is 0 Å². The first kappa shape index (κ1) is 13.2. The Morgan fingerprint density at radius 2 is 2.16 bits per heavy atom. The van der Waals surface area contributed by atoms with Crippen LogP contribution in [0.5, 0.6) is 0 Å². The van der Waals surface area contributed by atoms with Gasteiger partial charge in [0.2, 0.25) is 11.1 Å². The van der Waals surface area contributed by atoms with Crippen LogP contribution >= 0.6 is 11.6 Å². The number of hydrogen-bond acceptors (Lipinski definition) is 4. The summed E-state index contributed by atoms with van der Waals surface area (Å²) in [6.07, 6.45) is 1.29. The zero-order chi connectivity index (χ0) is 14.0. The van der Waals surface area contributed by atoms with Gasteiger partial charge in [-0.1, -0.05) is 11.6 Å². The maximum atomic E-state index is 13.2. The first-order valence-electron chi connectivity index (χ1n) is 5.16. The van der Waals surface area contributed by atoms with E-state index in [0.29, 0.717) is 0 Å². The third-order valence-electron chi connectivity index (χ3n) is 2.34. The van der Waals surface area contributed by atoms with Gasteiger partial charge in [0.05, 0.1) is 17.8 Å². The fourth-order valence-corrected chi connectivity index (χ4v) is 1.65. The van der Waals surface area contributed by atoms with Crippen molar-refractivity contribution in [3.8, 4) is 5.69 Å². The van der Waals surface area contributed by atoms with Gasteiger partial charge in [0.1, 0.15) is 5.82 Å². The molecule has 0 amide bonds. The van der Waals surface area contributed by atoms with Gasteiger partial charge in [0.15, 0.2) is 0 Å². The molecule has 19 heavy (non-hydrogen) atoms. The highest BCUT2D eigenvalue weighted by Gasteiger charge is 2.14. The number of carbonyl (C=O) groups excluding carboxylic acids is 1. The van der Waals surface area contributed by atoms with Crippen molar-refractivity contribution in [2.75, 3.05) is 7.11 Å². The minimum atomic E-state index is -0.869. The summed E-state index contributed by atoms with van der Waals surface area (Å²) in [6, 6.07) is 4.81. The van der Waals surface area contributed by atoms with Crippen LogP contribution in [0.4, 0.5) is 4.39 Å². The highest BCUT2D eigenvalue weighted by atomic mass is 35.5. The lowest BCUT2D eigenvalue weighted by Gasteiger charge is -2.08. The molecule has 5 nitrogen and oxygen atoms in total. The molecule has 0 bridgehead atoms. The fourth-order valence-electron chi connectivity index (χ4n) is 1.44. The normalized spacial score (nSPS) is 10.3. The van der Waals surface area contributed by atoms with E-state index in [2.05, 4.69) is 9.84 Å². The molecule has 0 saturated carbocycles. The Bertz CT molecular complexity index is 700. The molecule has 0 aliphatic carbocycles. The van der Waals surface area contributed by atoms with Gasteiger partial charge in [0, 0.05) is 18.3 Å². The SMILES string of the molecule is COC(=O)c1nn(-c2cc(F)ccc2Cl)ccc1=O. The number of ether oxygens (including phenoxy) is 1. The second-order valence-electron chi connectivity index (χ2n) is 3.56. The van der Waals surface area contributed by atoms with Crippen LogP contribution in [-0.4, -0.2) is 22.9 Å². The number of benzene rings is 1. The van der Waals surface area contributed by atoms with E-state index in [9.17, 15) is 14.0 Å². The average molecular weight is 283 g/mol. The molecule has 0 fully saturated rings. The maximum Gasteiger partial charge on any atom is 0.362 e. The largest absolute Gasteiger partial charge is 0.464 e. The quantitative estimate of drug-likeness (QED) is 0.788. The van der Waals surface area contributed by atoms with Crippen LogP contribution in [-0.2, 0) is 4.74 Å². The van der Waals surface area contributed by atoms with Crippen LogP contribution in [0.25, 0.3) is 5.69 Å².